The van der Waals surface area contributed by atoms with E-state index in [2.05, 4.69) is 42.2 Å². The summed E-state index contributed by atoms with van der Waals surface area (Å²) < 4.78 is 12.1. The van der Waals surface area contributed by atoms with Gasteiger partial charge in [0.05, 0.1) is 31.4 Å². The Bertz CT molecular complexity index is 1170. The largest absolute Gasteiger partial charge is 0.488 e. The number of nitrogens with zero attached hydrogens (tertiary/aromatic N) is 6. The maximum absolute atomic E-state index is 6.58. The molecule has 9 nitrogen and oxygen atoms in total. The molecular formula is C28H37N7O2. The van der Waals surface area contributed by atoms with Crippen LogP contribution in [0.5, 0.6) is 5.75 Å². The van der Waals surface area contributed by atoms with Gasteiger partial charge in [0.2, 0.25) is 0 Å². The highest BCUT2D eigenvalue weighted by molar-refractivity contribution is 5.85. The predicted molar refractivity (Wildman–Crippen MR) is 144 cm³/mol. The Hall–Kier alpha value is -3.04. The van der Waals surface area contributed by atoms with Crippen molar-refractivity contribution in [3.05, 3.63) is 42.6 Å². The summed E-state index contributed by atoms with van der Waals surface area (Å²) in [4.78, 5) is 23.3. The van der Waals surface area contributed by atoms with E-state index < -0.39 is 0 Å². The molecule has 2 saturated heterocycles. The molecule has 0 amide bonds. The number of anilines is 2. The molecule has 0 bridgehead atoms. The lowest BCUT2D eigenvalue weighted by Crippen LogP contribution is -2.36. The van der Waals surface area contributed by atoms with Crippen molar-refractivity contribution in [1.82, 2.24) is 24.8 Å². The molecule has 1 saturated carbocycles. The molecule has 2 aromatic heterocycles. The number of ether oxygens (including phenoxy) is 2. The van der Waals surface area contributed by atoms with E-state index in [0.717, 1.165) is 106 Å². The molecule has 1 N–H and O–H groups in total. The first kappa shape index (κ1) is 24.3. The zero-order chi connectivity index (χ0) is 24.9. The molecule has 9 heteroatoms. The van der Waals surface area contributed by atoms with E-state index in [0.29, 0.717) is 6.04 Å². The van der Waals surface area contributed by atoms with Gasteiger partial charge in [0.1, 0.15) is 22.9 Å². The molecule has 4 heterocycles. The van der Waals surface area contributed by atoms with Gasteiger partial charge >= 0.3 is 0 Å². The Labute approximate surface area is 218 Å². The fourth-order valence-corrected chi connectivity index (χ4v) is 5.71. The van der Waals surface area contributed by atoms with Gasteiger partial charge in [0.15, 0.2) is 0 Å². The number of hydrogen-bond donors (Lipinski definition) is 1. The zero-order valence-electron chi connectivity index (χ0n) is 21.5. The molecule has 3 aromatic rings. The van der Waals surface area contributed by atoms with E-state index in [-0.39, 0.29) is 6.10 Å². The second-order valence-electron chi connectivity index (χ2n) is 10.4. The van der Waals surface area contributed by atoms with Gasteiger partial charge in [-0.05, 0) is 63.7 Å². The van der Waals surface area contributed by atoms with Crippen molar-refractivity contribution in [1.29, 1.82) is 0 Å². The monoisotopic (exact) mass is 503 g/mol. The van der Waals surface area contributed by atoms with Crippen LogP contribution in [0.2, 0.25) is 0 Å². The van der Waals surface area contributed by atoms with Crippen LogP contribution >= 0.6 is 0 Å². The molecule has 1 aliphatic carbocycles. The lowest BCUT2D eigenvalue weighted by atomic mass is 9.93. The third-order valence-corrected chi connectivity index (χ3v) is 7.74. The molecule has 0 atom stereocenters. The number of aromatic nitrogens is 4. The highest BCUT2D eigenvalue weighted by Gasteiger charge is 2.25. The highest BCUT2D eigenvalue weighted by Crippen LogP contribution is 2.33. The van der Waals surface area contributed by atoms with Gasteiger partial charge < -0.3 is 19.7 Å². The summed E-state index contributed by atoms with van der Waals surface area (Å²) in [6.45, 7) is 6.41. The fourth-order valence-electron chi connectivity index (χ4n) is 5.71. The highest BCUT2D eigenvalue weighted by atomic mass is 16.5. The predicted octanol–water partition coefficient (Wildman–Crippen LogP) is 4.04. The van der Waals surface area contributed by atoms with Crippen LogP contribution in [0.4, 0.5) is 11.5 Å². The summed E-state index contributed by atoms with van der Waals surface area (Å²) in [5, 5.41) is 3.66. The van der Waals surface area contributed by atoms with E-state index >= 15 is 0 Å². The van der Waals surface area contributed by atoms with Gasteiger partial charge in [-0.3, -0.25) is 9.88 Å². The number of fused-ring (bicyclic) bond motifs is 1. The Morgan fingerprint density at radius 2 is 1.70 bits per heavy atom. The number of rotatable bonds is 7. The van der Waals surface area contributed by atoms with Crippen molar-refractivity contribution in [3.8, 4) is 5.75 Å². The number of hydrogen-bond acceptors (Lipinski definition) is 9. The molecule has 196 valence electrons. The van der Waals surface area contributed by atoms with Crippen LogP contribution < -0.4 is 15.0 Å². The van der Waals surface area contributed by atoms with E-state index in [1.165, 1.54) is 19.3 Å². The van der Waals surface area contributed by atoms with Crippen molar-refractivity contribution < 1.29 is 9.47 Å². The molecule has 3 aliphatic rings. The van der Waals surface area contributed by atoms with Crippen molar-refractivity contribution in [2.45, 2.75) is 63.6 Å². The lowest BCUT2D eigenvalue weighted by molar-refractivity contribution is 0.122. The molecule has 6 rings (SSSR count). The van der Waals surface area contributed by atoms with Crippen LogP contribution in [-0.4, -0.2) is 76.4 Å². The Morgan fingerprint density at radius 3 is 2.54 bits per heavy atom. The fraction of sp³-hybridized carbons (Fsp3) is 0.571. The van der Waals surface area contributed by atoms with E-state index in [1.807, 2.05) is 12.3 Å². The van der Waals surface area contributed by atoms with Crippen molar-refractivity contribution in [2.24, 2.45) is 0 Å². The first-order valence-electron chi connectivity index (χ1n) is 13.8. The average molecular weight is 504 g/mol. The lowest BCUT2D eigenvalue weighted by Gasteiger charge is -2.31. The molecule has 0 unspecified atom stereocenters. The van der Waals surface area contributed by atoms with Crippen molar-refractivity contribution >= 4 is 22.5 Å². The quantitative estimate of drug-likeness (QED) is 0.513. The van der Waals surface area contributed by atoms with Crippen molar-refractivity contribution in [3.63, 3.8) is 0 Å². The second kappa shape index (κ2) is 11.6. The minimum absolute atomic E-state index is 0.170. The van der Waals surface area contributed by atoms with E-state index in [9.17, 15) is 0 Å². The summed E-state index contributed by atoms with van der Waals surface area (Å²) in [5.74, 6) is 2.68. The minimum Gasteiger partial charge on any atom is -0.488 e. The van der Waals surface area contributed by atoms with Crippen LogP contribution in [0.1, 0.15) is 50.8 Å². The molecule has 3 fully saturated rings. The Kier molecular flexibility index (Phi) is 7.60. The SMILES string of the molecule is c1cc(N[C@H]2CC[C@@H](Oc3cc(N4CCOCC4)cc4nccnc34)CC2)nc(CN2CCCCC2)n1. The minimum atomic E-state index is 0.170. The Balaban J connectivity index is 1.07. The maximum atomic E-state index is 6.58. The number of morpholine rings is 1. The third-order valence-electron chi connectivity index (χ3n) is 7.74. The van der Waals surface area contributed by atoms with Crippen LogP contribution in [-0.2, 0) is 11.3 Å². The van der Waals surface area contributed by atoms with Crippen LogP contribution in [0.3, 0.4) is 0 Å². The summed E-state index contributed by atoms with van der Waals surface area (Å²) >= 11 is 0. The number of nitrogens with one attached hydrogen (secondary N) is 1. The zero-order valence-corrected chi connectivity index (χ0v) is 21.5. The van der Waals surface area contributed by atoms with Gasteiger partial charge in [-0.25, -0.2) is 15.0 Å². The molecular weight excluding hydrogens is 466 g/mol. The maximum Gasteiger partial charge on any atom is 0.149 e. The first-order chi connectivity index (χ1) is 18.3. The molecule has 1 aromatic carbocycles. The van der Waals surface area contributed by atoms with Crippen LogP contribution in [0.25, 0.3) is 11.0 Å². The normalized spacial score (nSPS) is 23.2. The summed E-state index contributed by atoms with van der Waals surface area (Å²) in [7, 11) is 0. The van der Waals surface area contributed by atoms with Gasteiger partial charge in [0, 0.05) is 49.5 Å². The standard InChI is InChI=1S/C28H37N7O2/c1-2-12-34(13-3-1)20-27-30-9-8-26(33-27)32-21-4-6-23(7-5-21)37-25-19-22(35-14-16-36-17-15-35)18-24-28(25)31-11-10-29-24/h8-11,18-19,21,23H,1-7,12-17,20H2,(H,30,32,33)/t21-,23+. The number of likely N-dealkylation sites (tertiary alicyclic amines) is 1. The van der Waals surface area contributed by atoms with Crippen LogP contribution in [0.15, 0.2) is 36.8 Å². The molecule has 2 aliphatic heterocycles. The number of piperidine rings is 1. The van der Waals surface area contributed by atoms with Crippen molar-refractivity contribution in [2.75, 3.05) is 49.6 Å². The molecule has 0 radical (unpaired) electrons. The van der Waals surface area contributed by atoms with Gasteiger partial charge in [0.25, 0.3) is 0 Å². The topological polar surface area (TPSA) is 88.5 Å². The van der Waals surface area contributed by atoms with E-state index in [1.54, 1.807) is 12.4 Å². The van der Waals surface area contributed by atoms with Gasteiger partial charge in [-0.15, -0.1) is 0 Å². The summed E-state index contributed by atoms with van der Waals surface area (Å²) in [6, 6.07) is 6.64. The van der Waals surface area contributed by atoms with Gasteiger partial charge in [-0.2, -0.15) is 0 Å². The second-order valence-corrected chi connectivity index (χ2v) is 10.4. The Morgan fingerprint density at radius 1 is 0.892 bits per heavy atom. The third kappa shape index (κ3) is 6.10. The number of benzene rings is 1. The van der Waals surface area contributed by atoms with Gasteiger partial charge in [-0.1, -0.05) is 6.42 Å². The summed E-state index contributed by atoms with van der Waals surface area (Å²) in [5.41, 5.74) is 2.84. The summed E-state index contributed by atoms with van der Waals surface area (Å²) in [6.07, 6.45) is 13.5. The average Bonchev–Trinajstić information content (AvgIpc) is 2.95. The molecule has 37 heavy (non-hydrogen) atoms. The van der Waals surface area contributed by atoms with Crippen LogP contribution in [0, 0.1) is 0 Å². The smallest absolute Gasteiger partial charge is 0.149 e. The van der Waals surface area contributed by atoms with E-state index in [4.69, 9.17) is 14.5 Å². The molecule has 0 spiro atoms. The first-order valence-corrected chi connectivity index (χ1v) is 13.8.